The van der Waals surface area contributed by atoms with E-state index in [0.29, 0.717) is 0 Å². The first-order valence-corrected chi connectivity index (χ1v) is 7.95. The molecule has 1 aliphatic rings. The third-order valence-electron chi connectivity index (χ3n) is 4.28. The number of benzene rings is 1. The van der Waals surface area contributed by atoms with Crippen molar-refractivity contribution in [3.05, 3.63) is 63.6 Å². The Morgan fingerprint density at radius 3 is 2.80 bits per heavy atom. The Balaban J connectivity index is 0.00000182. The van der Waals surface area contributed by atoms with Gasteiger partial charge in [-0.1, -0.05) is 6.07 Å². The molecule has 132 valence electrons. The topological polar surface area (TPSA) is 81.0 Å². The molecular weight excluding hydrogens is 344 g/mol. The number of rotatable bonds is 3. The highest BCUT2D eigenvalue weighted by molar-refractivity contribution is 5.88. The Kier molecular flexibility index (Phi) is 5.08. The predicted octanol–water partition coefficient (Wildman–Crippen LogP) is 0.891. The maximum absolute atomic E-state index is 12.1. The molecule has 25 heavy (non-hydrogen) atoms. The molecule has 1 aliphatic heterocycles. The number of hydrogen-bond donors (Lipinski definition) is 2. The fraction of sp³-hybridized carbons (Fsp3) is 0.294. The number of aromatic nitrogens is 3. The average molecular weight is 363 g/mol. The van der Waals surface area contributed by atoms with Crippen molar-refractivity contribution in [2.24, 2.45) is 0 Å². The summed E-state index contributed by atoms with van der Waals surface area (Å²) in [4.78, 5) is 25.6. The number of nitrogens with zero attached hydrogens (tertiary/aromatic N) is 2. The third-order valence-corrected chi connectivity index (χ3v) is 4.28. The Morgan fingerprint density at radius 1 is 1.16 bits per heavy atom. The summed E-state index contributed by atoms with van der Waals surface area (Å²) in [7, 11) is 0. The quantitative estimate of drug-likeness (QED) is 0.725. The smallest absolute Gasteiger partial charge is 0.332 e. The summed E-state index contributed by atoms with van der Waals surface area (Å²) >= 11 is 0. The molecule has 1 atom stereocenters. The minimum atomic E-state index is -0.442. The van der Waals surface area contributed by atoms with Crippen molar-refractivity contribution < 1.29 is 4.74 Å². The molecule has 1 aromatic carbocycles. The Labute approximate surface area is 149 Å². The molecule has 1 fully saturated rings. The molecule has 3 heterocycles. The number of H-pyrrole nitrogens is 1. The van der Waals surface area contributed by atoms with E-state index in [-0.39, 0.29) is 18.5 Å². The fourth-order valence-corrected chi connectivity index (χ4v) is 3.14. The molecule has 1 saturated heterocycles. The van der Waals surface area contributed by atoms with Gasteiger partial charge in [0, 0.05) is 36.9 Å². The van der Waals surface area contributed by atoms with Crippen LogP contribution in [0.15, 0.2) is 52.3 Å². The van der Waals surface area contributed by atoms with Gasteiger partial charge in [0.25, 0.3) is 5.56 Å². The molecule has 4 rings (SSSR count). The largest absolute Gasteiger partial charge is 0.374 e. The van der Waals surface area contributed by atoms with Gasteiger partial charge in [0.1, 0.15) is 0 Å². The van der Waals surface area contributed by atoms with Gasteiger partial charge in [-0.3, -0.25) is 14.3 Å². The zero-order chi connectivity index (χ0) is 16.5. The van der Waals surface area contributed by atoms with E-state index < -0.39 is 11.2 Å². The van der Waals surface area contributed by atoms with Crippen molar-refractivity contribution in [3.63, 3.8) is 0 Å². The van der Waals surface area contributed by atoms with Crippen molar-refractivity contribution in [2.45, 2.75) is 12.6 Å². The van der Waals surface area contributed by atoms with Crippen LogP contribution in [0.25, 0.3) is 16.6 Å². The molecule has 0 amide bonds. The molecule has 0 bridgehead atoms. The van der Waals surface area contributed by atoms with E-state index in [1.807, 2.05) is 30.5 Å². The van der Waals surface area contributed by atoms with Crippen molar-refractivity contribution in [1.82, 2.24) is 19.4 Å². The lowest BCUT2D eigenvalue weighted by atomic mass is 10.2. The van der Waals surface area contributed by atoms with Crippen LogP contribution in [0.4, 0.5) is 0 Å². The number of hydrogen-bond acceptors (Lipinski definition) is 4. The lowest BCUT2D eigenvalue weighted by molar-refractivity contribution is 0.0189. The molecule has 0 saturated carbocycles. The van der Waals surface area contributed by atoms with E-state index >= 15 is 0 Å². The zero-order valence-electron chi connectivity index (χ0n) is 13.5. The van der Waals surface area contributed by atoms with Crippen LogP contribution < -0.4 is 16.6 Å². The van der Waals surface area contributed by atoms with Crippen LogP contribution in [0.5, 0.6) is 0 Å². The zero-order valence-corrected chi connectivity index (χ0v) is 14.3. The van der Waals surface area contributed by atoms with Gasteiger partial charge in [-0.25, -0.2) is 4.79 Å². The van der Waals surface area contributed by atoms with Crippen LogP contribution in [0.1, 0.15) is 0 Å². The standard InChI is InChI=1S/C17H18N4O3.ClH/c22-16-5-8-21(17(23)19-16)15-3-1-2-14-13(15)4-7-20(14)11-12-10-18-6-9-24-12;/h1-5,7-8,12,18H,6,9-11H2,(H,19,22,23);1H. The Hall–Kier alpha value is -2.35. The van der Waals surface area contributed by atoms with E-state index in [2.05, 4.69) is 14.9 Å². The molecule has 0 radical (unpaired) electrons. The normalized spacial score (nSPS) is 17.4. The van der Waals surface area contributed by atoms with Crippen molar-refractivity contribution in [2.75, 3.05) is 19.7 Å². The monoisotopic (exact) mass is 362 g/mol. The maximum Gasteiger partial charge on any atom is 0.332 e. The van der Waals surface area contributed by atoms with Gasteiger partial charge in [-0.2, -0.15) is 0 Å². The van der Waals surface area contributed by atoms with Crippen LogP contribution in [0.2, 0.25) is 0 Å². The van der Waals surface area contributed by atoms with Crippen LogP contribution in [-0.2, 0) is 11.3 Å². The highest BCUT2D eigenvalue weighted by atomic mass is 35.5. The summed E-state index contributed by atoms with van der Waals surface area (Å²) in [6.07, 6.45) is 3.64. The highest BCUT2D eigenvalue weighted by Gasteiger charge is 2.16. The molecule has 7 nitrogen and oxygen atoms in total. The van der Waals surface area contributed by atoms with E-state index in [0.717, 1.165) is 42.8 Å². The van der Waals surface area contributed by atoms with Gasteiger partial charge in [0.05, 0.1) is 30.5 Å². The highest BCUT2D eigenvalue weighted by Crippen LogP contribution is 2.23. The number of aromatic amines is 1. The van der Waals surface area contributed by atoms with Gasteiger partial charge in [-0.05, 0) is 18.2 Å². The van der Waals surface area contributed by atoms with E-state index in [9.17, 15) is 9.59 Å². The minimum Gasteiger partial charge on any atom is -0.374 e. The van der Waals surface area contributed by atoms with Crippen LogP contribution >= 0.6 is 12.4 Å². The molecular formula is C17H19ClN4O3. The second kappa shape index (κ2) is 7.26. The summed E-state index contributed by atoms with van der Waals surface area (Å²) in [6.45, 7) is 3.20. The molecule has 2 N–H and O–H groups in total. The third kappa shape index (κ3) is 3.39. The van der Waals surface area contributed by atoms with Gasteiger partial charge in [0.2, 0.25) is 0 Å². The van der Waals surface area contributed by atoms with Crippen molar-refractivity contribution in [3.8, 4) is 5.69 Å². The molecule has 8 heteroatoms. The first-order valence-electron chi connectivity index (χ1n) is 7.95. The number of nitrogens with one attached hydrogen (secondary N) is 2. The number of halogens is 1. The summed E-state index contributed by atoms with van der Waals surface area (Å²) < 4.78 is 9.35. The summed E-state index contributed by atoms with van der Waals surface area (Å²) in [6, 6.07) is 9.12. The molecule has 1 unspecified atom stereocenters. The molecule has 0 aliphatic carbocycles. The lowest BCUT2D eigenvalue weighted by Gasteiger charge is -2.24. The molecule has 2 aromatic heterocycles. The molecule has 0 spiro atoms. The van der Waals surface area contributed by atoms with Gasteiger partial charge < -0.3 is 14.6 Å². The van der Waals surface area contributed by atoms with E-state index in [4.69, 9.17) is 4.74 Å². The summed E-state index contributed by atoms with van der Waals surface area (Å²) in [5.41, 5.74) is 0.931. The maximum atomic E-state index is 12.1. The SMILES string of the molecule is Cl.O=c1ccn(-c2cccc3c2ccn3CC2CNCCO2)c(=O)[nH]1. The second-order valence-corrected chi connectivity index (χ2v) is 5.86. The van der Waals surface area contributed by atoms with Gasteiger partial charge in [-0.15, -0.1) is 12.4 Å². The number of ether oxygens (including phenoxy) is 1. The lowest BCUT2D eigenvalue weighted by Crippen LogP contribution is -2.40. The minimum absolute atomic E-state index is 0. The van der Waals surface area contributed by atoms with Gasteiger partial charge >= 0.3 is 5.69 Å². The van der Waals surface area contributed by atoms with Crippen LogP contribution in [0, 0.1) is 0 Å². The Bertz CT molecular complexity index is 985. The van der Waals surface area contributed by atoms with Crippen LogP contribution in [0.3, 0.4) is 0 Å². The van der Waals surface area contributed by atoms with Gasteiger partial charge in [0.15, 0.2) is 0 Å². The predicted molar refractivity (Wildman–Crippen MR) is 98.0 cm³/mol. The summed E-state index contributed by atoms with van der Waals surface area (Å²) in [5, 5.41) is 4.28. The second-order valence-electron chi connectivity index (χ2n) is 5.86. The average Bonchev–Trinajstić information content (AvgIpc) is 2.99. The molecule has 3 aromatic rings. The van der Waals surface area contributed by atoms with Crippen molar-refractivity contribution in [1.29, 1.82) is 0 Å². The van der Waals surface area contributed by atoms with E-state index in [1.165, 1.54) is 16.8 Å². The number of morpholine rings is 1. The summed E-state index contributed by atoms with van der Waals surface area (Å²) in [5.74, 6) is 0. The van der Waals surface area contributed by atoms with Crippen molar-refractivity contribution >= 4 is 23.3 Å². The fourth-order valence-electron chi connectivity index (χ4n) is 3.14. The van der Waals surface area contributed by atoms with E-state index in [1.54, 1.807) is 0 Å². The van der Waals surface area contributed by atoms with Crippen LogP contribution in [-0.4, -0.2) is 39.9 Å². The Morgan fingerprint density at radius 2 is 2.04 bits per heavy atom. The first kappa shape index (κ1) is 17.5. The number of fused-ring (bicyclic) bond motifs is 1. The first-order chi connectivity index (χ1) is 11.7.